The number of aryl methyl sites for hydroxylation is 1. The van der Waals surface area contributed by atoms with E-state index in [-0.39, 0.29) is 36.5 Å². The second-order valence-electron chi connectivity index (χ2n) is 7.03. The van der Waals surface area contributed by atoms with Crippen LogP contribution in [0.1, 0.15) is 41.1 Å². The van der Waals surface area contributed by atoms with Gasteiger partial charge in [-0.2, -0.15) is 8.78 Å². The smallest absolute Gasteiger partial charge is 0.319 e. The third kappa shape index (κ3) is 4.74. The van der Waals surface area contributed by atoms with E-state index in [9.17, 15) is 18.4 Å². The van der Waals surface area contributed by atoms with Gasteiger partial charge in [-0.15, -0.1) is 0 Å². The van der Waals surface area contributed by atoms with Crippen LogP contribution in [-0.2, 0) is 11.2 Å². The topological polar surface area (TPSA) is 67.2 Å². The maximum Gasteiger partial charge on any atom is 0.319 e. The normalized spacial score (nSPS) is 17.0. The van der Waals surface area contributed by atoms with Crippen molar-refractivity contribution in [3.8, 4) is 0 Å². The molecule has 1 fully saturated rings. The van der Waals surface area contributed by atoms with Crippen molar-refractivity contribution in [3.05, 3.63) is 53.6 Å². The van der Waals surface area contributed by atoms with Crippen molar-refractivity contribution >= 4 is 11.8 Å². The van der Waals surface area contributed by atoms with Crippen molar-refractivity contribution in [2.45, 2.75) is 32.7 Å². The van der Waals surface area contributed by atoms with Crippen LogP contribution in [0.4, 0.5) is 8.78 Å². The molecule has 1 aromatic carbocycles. The molecular formula is C20H24F2N4O2. The molecule has 0 saturated carbocycles. The predicted octanol–water partition coefficient (Wildman–Crippen LogP) is 2.80. The minimum atomic E-state index is -2.65. The molecule has 1 aromatic heterocycles. The number of nitrogens with one attached hydrogen (secondary N) is 1. The van der Waals surface area contributed by atoms with Crippen LogP contribution in [0.25, 0.3) is 0 Å². The first-order chi connectivity index (χ1) is 13.5. The van der Waals surface area contributed by atoms with E-state index in [1.807, 2.05) is 19.1 Å². The summed E-state index contributed by atoms with van der Waals surface area (Å²) in [6, 6.07) is 7.38. The van der Waals surface area contributed by atoms with Crippen molar-refractivity contribution in [1.29, 1.82) is 0 Å². The second kappa shape index (κ2) is 8.95. The molecule has 0 aliphatic carbocycles. The van der Waals surface area contributed by atoms with Crippen molar-refractivity contribution < 1.29 is 18.4 Å². The maximum atomic E-state index is 12.8. The molecule has 3 rings (SSSR count). The van der Waals surface area contributed by atoms with E-state index in [1.165, 1.54) is 12.4 Å². The van der Waals surface area contributed by atoms with Gasteiger partial charge in [-0.3, -0.25) is 14.2 Å². The van der Waals surface area contributed by atoms with Crippen LogP contribution >= 0.6 is 0 Å². The number of carbonyl (C=O) groups is 2. The molecule has 1 atom stereocenters. The van der Waals surface area contributed by atoms with Crippen molar-refractivity contribution in [2.24, 2.45) is 5.92 Å². The molecule has 150 valence electrons. The Morgan fingerprint density at radius 1 is 1.29 bits per heavy atom. The van der Waals surface area contributed by atoms with E-state index >= 15 is 0 Å². The number of alkyl halides is 2. The van der Waals surface area contributed by atoms with Crippen molar-refractivity contribution in [3.63, 3.8) is 0 Å². The Labute approximate surface area is 162 Å². The number of halogens is 2. The number of hydrogen-bond acceptors (Lipinski definition) is 3. The van der Waals surface area contributed by atoms with Crippen LogP contribution in [0.15, 0.2) is 36.7 Å². The number of nitrogens with zero attached hydrogens (tertiary/aromatic N) is 3. The largest absolute Gasteiger partial charge is 0.355 e. The average Bonchev–Trinajstić information content (AvgIpc) is 3.17. The number of imidazole rings is 1. The van der Waals surface area contributed by atoms with Gasteiger partial charge in [0, 0.05) is 44.0 Å². The van der Waals surface area contributed by atoms with Gasteiger partial charge in [-0.1, -0.05) is 17.7 Å². The van der Waals surface area contributed by atoms with Gasteiger partial charge in [-0.25, -0.2) is 4.98 Å². The summed E-state index contributed by atoms with van der Waals surface area (Å²) >= 11 is 0. The van der Waals surface area contributed by atoms with Gasteiger partial charge in [0.15, 0.2) is 0 Å². The molecule has 2 amide bonds. The first-order valence-corrected chi connectivity index (χ1v) is 9.39. The summed E-state index contributed by atoms with van der Waals surface area (Å²) in [4.78, 5) is 30.7. The minimum Gasteiger partial charge on any atom is -0.355 e. The van der Waals surface area contributed by atoms with Gasteiger partial charge in [0.25, 0.3) is 5.91 Å². The zero-order valence-corrected chi connectivity index (χ0v) is 15.8. The first-order valence-electron chi connectivity index (χ1n) is 9.39. The van der Waals surface area contributed by atoms with Gasteiger partial charge in [0.05, 0.1) is 5.92 Å². The summed E-state index contributed by atoms with van der Waals surface area (Å²) in [7, 11) is 0. The average molecular weight is 390 g/mol. The van der Waals surface area contributed by atoms with Gasteiger partial charge in [-0.05, 0) is 31.9 Å². The molecule has 1 saturated heterocycles. The standard InChI is InChI=1S/C20H24F2N4O2/c1-14-4-6-15(7-5-14)19(28)25-11-2-3-16(13-25)18(27)24-9-8-17-23-10-12-26(17)20(21)22/h4-7,10,12,16,20H,2-3,8-9,11,13H2,1H3,(H,24,27). The van der Waals surface area contributed by atoms with E-state index in [0.717, 1.165) is 16.6 Å². The molecule has 0 bridgehead atoms. The van der Waals surface area contributed by atoms with Crippen LogP contribution < -0.4 is 5.32 Å². The molecule has 8 heteroatoms. The summed E-state index contributed by atoms with van der Waals surface area (Å²) in [6.45, 7) is 0.536. The summed E-state index contributed by atoms with van der Waals surface area (Å²) in [5.41, 5.74) is 1.70. The fourth-order valence-corrected chi connectivity index (χ4v) is 3.41. The highest BCUT2D eigenvalue weighted by Gasteiger charge is 2.28. The number of rotatable bonds is 6. The maximum absolute atomic E-state index is 12.8. The van der Waals surface area contributed by atoms with Crippen LogP contribution in [-0.4, -0.2) is 45.9 Å². The number of amides is 2. The number of piperidine rings is 1. The molecule has 1 aliphatic heterocycles. The molecule has 0 spiro atoms. The second-order valence-corrected chi connectivity index (χ2v) is 7.03. The summed E-state index contributed by atoms with van der Waals surface area (Å²) < 4.78 is 26.4. The van der Waals surface area contributed by atoms with Crippen LogP contribution in [0.3, 0.4) is 0 Å². The van der Waals surface area contributed by atoms with E-state index in [4.69, 9.17) is 0 Å². The molecule has 0 radical (unpaired) electrons. The highest BCUT2D eigenvalue weighted by Crippen LogP contribution is 2.19. The van der Waals surface area contributed by atoms with Crippen LogP contribution in [0.5, 0.6) is 0 Å². The van der Waals surface area contributed by atoms with Crippen LogP contribution in [0, 0.1) is 12.8 Å². The van der Waals surface area contributed by atoms with Crippen molar-refractivity contribution in [2.75, 3.05) is 19.6 Å². The third-order valence-corrected chi connectivity index (χ3v) is 4.98. The Hall–Kier alpha value is -2.77. The number of carbonyl (C=O) groups excluding carboxylic acids is 2. The highest BCUT2D eigenvalue weighted by atomic mass is 19.3. The zero-order valence-electron chi connectivity index (χ0n) is 15.8. The summed E-state index contributed by atoms with van der Waals surface area (Å²) in [5, 5.41) is 2.79. The Morgan fingerprint density at radius 3 is 2.75 bits per heavy atom. The minimum absolute atomic E-state index is 0.0727. The Balaban J connectivity index is 1.52. The number of hydrogen-bond donors (Lipinski definition) is 1. The lowest BCUT2D eigenvalue weighted by Crippen LogP contribution is -2.45. The van der Waals surface area contributed by atoms with E-state index in [1.54, 1.807) is 17.0 Å². The fraction of sp³-hybridized carbons (Fsp3) is 0.450. The lowest BCUT2D eigenvalue weighted by molar-refractivity contribution is -0.126. The van der Waals surface area contributed by atoms with Crippen molar-refractivity contribution in [1.82, 2.24) is 19.8 Å². The molecule has 1 aliphatic rings. The third-order valence-electron chi connectivity index (χ3n) is 4.98. The van der Waals surface area contributed by atoms with Gasteiger partial charge in [0.2, 0.25) is 5.91 Å². The van der Waals surface area contributed by atoms with E-state index in [0.29, 0.717) is 25.1 Å². The summed E-state index contributed by atoms with van der Waals surface area (Å²) in [6.07, 6.45) is 4.22. The fourth-order valence-electron chi connectivity index (χ4n) is 3.41. The Kier molecular flexibility index (Phi) is 6.38. The molecule has 2 aromatic rings. The van der Waals surface area contributed by atoms with Crippen LogP contribution in [0.2, 0.25) is 0 Å². The molecule has 1 unspecified atom stereocenters. The van der Waals surface area contributed by atoms with E-state index < -0.39 is 6.55 Å². The zero-order chi connectivity index (χ0) is 20.1. The first kappa shape index (κ1) is 20.0. The van der Waals surface area contributed by atoms with Gasteiger partial charge in [0.1, 0.15) is 5.82 Å². The van der Waals surface area contributed by atoms with E-state index in [2.05, 4.69) is 10.3 Å². The number of likely N-dealkylation sites (tertiary alicyclic amines) is 1. The Morgan fingerprint density at radius 2 is 2.04 bits per heavy atom. The molecular weight excluding hydrogens is 366 g/mol. The quantitative estimate of drug-likeness (QED) is 0.825. The molecule has 1 N–H and O–H groups in total. The summed E-state index contributed by atoms with van der Waals surface area (Å²) in [5.74, 6) is -0.291. The lowest BCUT2D eigenvalue weighted by atomic mass is 9.96. The monoisotopic (exact) mass is 390 g/mol. The molecule has 2 heterocycles. The molecule has 6 nitrogen and oxygen atoms in total. The highest BCUT2D eigenvalue weighted by molar-refractivity contribution is 5.94. The predicted molar refractivity (Wildman–Crippen MR) is 100 cm³/mol. The van der Waals surface area contributed by atoms with Gasteiger partial charge < -0.3 is 10.2 Å². The SMILES string of the molecule is Cc1ccc(C(=O)N2CCCC(C(=O)NCCc3nccn3C(F)F)C2)cc1. The lowest BCUT2D eigenvalue weighted by Gasteiger charge is -2.32. The molecule has 28 heavy (non-hydrogen) atoms. The van der Waals surface area contributed by atoms with Gasteiger partial charge >= 0.3 is 6.55 Å². The Bertz CT molecular complexity index is 820. The number of aromatic nitrogens is 2. The number of benzene rings is 1.